The average Bonchev–Trinajstić information content (AvgIpc) is 3.09. The van der Waals surface area contributed by atoms with Gasteiger partial charge in [0.1, 0.15) is 11.6 Å². The van der Waals surface area contributed by atoms with E-state index in [-0.39, 0.29) is 18.2 Å². The third-order valence-corrected chi connectivity index (χ3v) is 4.39. The van der Waals surface area contributed by atoms with Gasteiger partial charge in [0.25, 0.3) is 0 Å². The second-order valence-corrected chi connectivity index (χ2v) is 6.66. The van der Waals surface area contributed by atoms with E-state index < -0.39 is 0 Å². The van der Waals surface area contributed by atoms with Crippen molar-refractivity contribution >= 4 is 45.5 Å². The number of rotatable bonds is 7. The van der Waals surface area contributed by atoms with Gasteiger partial charge in [-0.05, 0) is 30.3 Å². The van der Waals surface area contributed by atoms with Gasteiger partial charge in [0.05, 0.1) is 24.9 Å². The average molecular weight is 397 g/mol. The van der Waals surface area contributed by atoms with Crippen molar-refractivity contribution in [1.82, 2.24) is 9.97 Å². The smallest absolute Gasteiger partial charge is 0.230 e. The monoisotopic (exact) mass is 397 g/mol. The van der Waals surface area contributed by atoms with Crippen molar-refractivity contribution in [3.63, 3.8) is 0 Å². The van der Waals surface area contributed by atoms with E-state index in [0.717, 1.165) is 0 Å². The number of carbonyl (C=O) groups excluding carboxylic acids is 2. The van der Waals surface area contributed by atoms with Crippen LogP contribution in [0.3, 0.4) is 0 Å². The van der Waals surface area contributed by atoms with E-state index in [1.54, 1.807) is 24.4 Å². The van der Waals surface area contributed by atoms with Crippen molar-refractivity contribution in [1.29, 1.82) is 0 Å². The summed E-state index contributed by atoms with van der Waals surface area (Å²) in [5, 5.41) is 11.0. The molecule has 2 heterocycles. The number of carbonyl (C=O) groups is 2. The van der Waals surface area contributed by atoms with Crippen LogP contribution in [-0.4, -0.2) is 28.9 Å². The largest absolute Gasteiger partial charge is 0.495 e. The van der Waals surface area contributed by atoms with Gasteiger partial charge < -0.3 is 20.7 Å². The molecule has 0 bridgehead atoms. The molecule has 144 valence electrons. The van der Waals surface area contributed by atoms with Crippen molar-refractivity contribution in [3.05, 3.63) is 53.7 Å². The fourth-order valence-corrected chi connectivity index (χ4v) is 3.15. The number of hydrogen-bond donors (Lipinski definition) is 3. The fraction of sp³-hybridized carbons (Fsp3) is 0.158. The summed E-state index contributed by atoms with van der Waals surface area (Å²) in [5.41, 5.74) is 1.68. The molecule has 0 radical (unpaired) electrons. The van der Waals surface area contributed by atoms with E-state index in [1.165, 1.54) is 25.4 Å². The number of anilines is 4. The van der Waals surface area contributed by atoms with Crippen LogP contribution in [0.5, 0.6) is 5.75 Å². The predicted octanol–water partition coefficient (Wildman–Crippen LogP) is 3.43. The Hall–Kier alpha value is -3.46. The molecular formula is C19H19N5O3S. The van der Waals surface area contributed by atoms with Crippen LogP contribution in [-0.2, 0) is 16.0 Å². The van der Waals surface area contributed by atoms with E-state index >= 15 is 0 Å². The summed E-state index contributed by atoms with van der Waals surface area (Å²) >= 11 is 1.40. The van der Waals surface area contributed by atoms with Crippen molar-refractivity contribution in [3.8, 4) is 5.75 Å². The Morgan fingerprint density at radius 1 is 1.18 bits per heavy atom. The van der Waals surface area contributed by atoms with Gasteiger partial charge >= 0.3 is 0 Å². The molecule has 0 fully saturated rings. The van der Waals surface area contributed by atoms with Crippen molar-refractivity contribution in [2.24, 2.45) is 0 Å². The van der Waals surface area contributed by atoms with Gasteiger partial charge in [-0.25, -0.2) is 9.97 Å². The van der Waals surface area contributed by atoms with Crippen LogP contribution in [0.1, 0.15) is 12.6 Å². The van der Waals surface area contributed by atoms with E-state index in [4.69, 9.17) is 4.74 Å². The first-order chi connectivity index (χ1) is 13.5. The van der Waals surface area contributed by atoms with Crippen molar-refractivity contribution < 1.29 is 14.3 Å². The summed E-state index contributed by atoms with van der Waals surface area (Å²) in [6, 6.07) is 10.6. The minimum atomic E-state index is -0.243. The summed E-state index contributed by atoms with van der Waals surface area (Å²) in [7, 11) is 1.51. The Balaban J connectivity index is 1.65. The molecule has 8 nitrogen and oxygen atoms in total. The molecule has 0 aliphatic heterocycles. The molecule has 9 heteroatoms. The van der Waals surface area contributed by atoms with Gasteiger partial charge in [-0.15, -0.1) is 11.3 Å². The van der Waals surface area contributed by atoms with Crippen LogP contribution in [0.25, 0.3) is 0 Å². The van der Waals surface area contributed by atoms with Crippen molar-refractivity contribution in [2.75, 3.05) is 23.1 Å². The number of nitrogens with one attached hydrogen (secondary N) is 3. The minimum Gasteiger partial charge on any atom is -0.495 e. The van der Waals surface area contributed by atoms with Crippen LogP contribution in [0, 0.1) is 0 Å². The van der Waals surface area contributed by atoms with Gasteiger partial charge in [-0.1, -0.05) is 6.07 Å². The normalized spacial score (nSPS) is 10.2. The number of ether oxygens (including phenoxy) is 1. The van der Waals surface area contributed by atoms with Crippen LogP contribution in [0.4, 0.5) is 22.3 Å². The lowest BCUT2D eigenvalue weighted by atomic mass is 10.2. The molecule has 0 aliphatic carbocycles. The molecule has 0 atom stereocenters. The maximum atomic E-state index is 12.4. The topological polar surface area (TPSA) is 105 Å². The maximum absolute atomic E-state index is 12.4. The Morgan fingerprint density at radius 3 is 2.75 bits per heavy atom. The molecule has 3 aromatic rings. The first kappa shape index (κ1) is 19.3. The Labute approximate surface area is 166 Å². The van der Waals surface area contributed by atoms with Gasteiger partial charge in [-0.3, -0.25) is 9.59 Å². The molecule has 0 unspecified atom stereocenters. The zero-order valence-corrected chi connectivity index (χ0v) is 16.2. The lowest BCUT2D eigenvalue weighted by Crippen LogP contribution is -2.16. The summed E-state index contributed by atoms with van der Waals surface area (Å²) in [5.74, 6) is 0.747. The number of benzene rings is 1. The minimum absolute atomic E-state index is 0.105. The summed E-state index contributed by atoms with van der Waals surface area (Å²) in [6.45, 7) is 1.42. The molecule has 3 N–H and O–H groups in total. The summed E-state index contributed by atoms with van der Waals surface area (Å²) in [4.78, 5) is 32.2. The molecule has 0 aliphatic rings. The molecule has 1 aromatic carbocycles. The predicted molar refractivity (Wildman–Crippen MR) is 109 cm³/mol. The lowest BCUT2D eigenvalue weighted by molar-refractivity contribution is -0.116. The molecule has 28 heavy (non-hydrogen) atoms. The van der Waals surface area contributed by atoms with Crippen LogP contribution in [0.2, 0.25) is 0 Å². The standard InChI is InChI=1S/C19H19N5O3S/c1-12(25)21-13-6-7-16(27-2)15(9-13)23-18(26)10-14-11-28-19(22-14)24-17-5-3-4-8-20-17/h3-9,11H,10H2,1-2H3,(H,21,25)(H,23,26)(H,20,22,24). The zero-order valence-electron chi connectivity index (χ0n) is 15.4. The highest BCUT2D eigenvalue weighted by Gasteiger charge is 2.12. The summed E-state index contributed by atoms with van der Waals surface area (Å²) in [6.07, 6.45) is 1.79. The second-order valence-electron chi connectivity index (χ2n) is 5.81. The lowest BCUT2D eigenvalue weighted by Gasteiger charge is -2.12. The SMILES string of the molecule is COc1ccc(NC(C)=O)cc1NC(=O)Cc1csc(Nc2ccccn2)n1. The number of methoxy groups -OCH3 is 1. The van der Waals surface area contributed by atoms with Gasteiger partial charge in [-0.2, -0.15) is 0 Å². The second kappa shape index (κ2) is 8.96. The maximum Gasteiger partial charge on any atom is 0.230 e. The number of nitrogens with zero attached hydrogens (tertiary/aromatic N) is 2. The molecule has 2 amide bonds. The molecule has 2 aromatic heterocycles. The number of aromatic nitrogens is 2. The van der Waals surface area contributed by atoms with E-state index in [9.17, 15) is 9.59 Å². The van der Waals surface area contributed by atoms with E-state index in [1.807, 2.05) is 23.6 Å². The van der Waals surface area contributed by atoms with E-state index in [0.29, 0.717) is 33.8 Å². The molecule has 0 saturated carbocycles. The Kier molecular flexibility index (Phi) is 6.18. The number of amides is 2. The first-order valence-electron chi connectivity index (χ1n) is 8.41. The quantitative estimate of drug-likeness (QED) is 0.564. The van der Waals surface area contributed by atoms with Crippen LogP contribution < -0.4 is 20.7 Å². The van der Waals surface area contributed by atoms with E-state index in [2.05, 4.69) is 25.9 Å². The molecular weight excluding hydrogens is 378 g/mol. The van der Waals surface area contributed by atoms with Gasteiger partial charge in [0.2, 0.25) is 11.8 Å². The third kappa shape index (κ3) is 5.27. The number of thiazole rings is 1. The highest BCUT2D eigenvalue weighted by atomic mass is 32.1. The zero-order chi connectivity index (χ0) is 19.9. The first-order valence-corrected chi connectivity index (χ1v) is 9.29. The molecule has 3 rings (SSSR count). The third-order valence-electron chi connectivity index (χ3n) is 3.59. The highest BCUT2D eigenvalue weighted by Crippen LogP contribution is 2.28. The Morgan fingerprint density at radius 2 is 2.04 bits per heavy atom. The Bertz CT molecular complexity index is 975. The number of hydrogen-bond acceptors (Lipinski definition) is 7. The summed E-state index contributed by atoms with van der Waals surface area (Å²) < 4.78 is 5.27. The molecule has 0 saturated heterocycles. The van der Waals surface area contributed by atoms with Crippen LogP contribution in [0.15, 0.2) is 48.0 Å². The van der Waals surface area contributed by atoms with Gasteiger partial charge in [0, 0.05) is 24.2 Å². The van der Waals surface area contributed by atoms with Crippen molar-refractivity contribution in [2.45, 2.75) is 13.3 Å². The highest BCUT2D eigenvalue weighted by molar-refractivity contribution is 7.13. The molecule has 0 spiro atoms. The van der Waals surface area contributed by atoms with Crippen LogP contribution >= 0.6 is 11.3 Å². The fourth-order valence-electron chi connectivity index (χ4n) is 2.44. The number of pyridine rings is 1. The van der Waals surface area contributed by atoms with Gasteiger partial charge in [0.15, 0.2) is 5.13 Å².